The number of methoxy groups -OCH3 is 1. The smallest absolute Gasteiger partial charge is 0.231 e. The number of amidine groups is 1. The van der Waals surface area contributed by atoms with Gasteiger partial charge in [-0.05, 0) is 48.2 Å². The molecule has 0 radical (unpaired) electrons. The van der Waals surface area contributed by atoms with Gasteiger partial charge in [-0.25, -0.2) is 0 Å². The molecule has 3 aliphatic rings. The molecule has 2 aromatic rings. The Morgan fingerprint density at radius 2 is 1.83 bits per heavy atom. The Balaban J connectivity index is 1.23. The molecule has 36 heavy (non-hydrogen) atoms. The Hall–Kier alpha value is -3.26. The van der Waals surface area contributed by atoms with Gasteiger partial charge in [0.1, 0.15) is 11.6 Å². The van der Waals surface area contributed by atoms with Gasteiger partial charge in [0.05, 0.1) is 13.0 Å². The lowest BCUT2D eigenvalue weighted by Gasteiger charge is -2.50. The summed E-state index contributed by atoms with van der Waals surface area (Å²) < 4.78 is 5.18. The van der Waals surface area contributed by atoms with Crippen LogP contribution in [0.15, 0.2) is 53.6 Å². The van der Waals surface area contributed by atoms with Crippen LogP contribution in [-0.2, 0) is 22.7 Å². The van der Waals surface area contributed by atoms with E-state index in [1.807, 2.05) is 53.4 Å². The van der Waals surface area contributed by atoms with Crippen molar-refractivity contribution >= 4 is 29.3 Å². The van der Waals surface area contributed by atoms with Gasteiger partial charge in [-0.15, -0.1) is 0 Å². The summed E-state index contributed by atoms with van der Waals surface area (Å²) in [6, 6.07) is 15.4. The van der Waals surface area contributed by atoms with Crippen LogP contribution in [0, 0.1) is 5.92 Å². The van der Waals surface area contributed by atoms with Crippen LogP contribution < -0.4 is 15.5 Å². The van der Waals surface area contributed by atoms with E-state index in [2.05, 4.69) is 20.7 Å². The number of amides is 2. The molecule has 2 aliphatic heterocycles. The second kappa shape index (κ2) is 10.8. The highest BCUT2D eigenvalue weighted by atomic mass is 35.5. The number of carbonyl (C=O) groups is 2. The Kier molecular flexibility index (Phi) is 7.32. The van der Waals surface area contributed by atoms with E-state index >= 15 is 0 Å². The van der Waals surface area contributed by atoms with Crippen LogP contribution >= 0.6 is 11.6 Å². The lowest BCUT2D eigenvalue weighted by molar-refractivity contribution is -0.156. The lowest BCUT2D eigenvalue weighted by atomic mass is 9.80. The zero-order valence-electron chi connectivity index (χ0n) is 20.5. The van der Waals surface area contributed by atoms with Gasteiger partial charge in [0.2, 0.25) is 11.8 Å². The largest absolute Gasteiger partial charge is 0.497 e. The molecule has 2 amide bonds. The van der Waals surface area contributed by atoms with E-state index in [4.69, 9.17) is 16.3 Å². The molecular formula is C27H32ClN5O3. The first-order valence-electron chi connectivity index (χ1n) is 12.6. The predicted molar refractivity (Wildman–Crippen MR) is 138 cm³/mol. The molecule has 2 aromatic carbocycles. The van der Waals surface area contributed by atoms with Crippen molar-refractivity contribution in [3.8, 4) is 5.75 Å². The summed E-state index contributed by atoms with van der Waals surface area (Å²) in [5.74, 6) is 1.75. The normalized spacial score (nSPS) is 22.9. The molecule has 0 spiro atoms. The third-order valence-corrected chi connectivity index (χ3v) is 7.60. The topological polar surface area (TPSA) is 86.3 Å². The summed E-state index contributed by atoms with van der Waals surface area (Å²) in [5.41, 5.74) is 5.23. The van der Waals surface area contributed by atoms with E-state index in [1.165, 1.54) is 0 Å². The van der Waals surface area contributed by atoms with Gasteiger partial charge in [-0.1, -0.05) is 48.7 Å². The van der Waals surface area contributed by atoms with Crippen LogP contribution in [0.4, 0.5) is 0 Å². The number of fused-ring (bicyclic) bond motifs is 3. The molecule has 190 valence electrons. The fourth-order valence-corrected chi connectivity index (χ4v) is 5.57. The highest BCUT2D eigenvalue weighted by Gasteiger charge is 2.50. The number of hydrogen-bond acceptors (Lipinski definition) is 6. The van der Waals surface area contributed by atoms with Gasteiger partial charge in [0.25, 0.3) is 0 Å². The third kappa shape index (κ3) is 5.14. The molecule has 8 nitrogen and oxygen atoms in total. The van der Waals surface area contributed by atoms with Crippen molar-refractivity contribution < 1.29 is 14.3 Å². The zero-order chi connectivity index (χ0) is 25.1. The Bertz CT molecular complexity index is 1120. The van der Waals surface area contributed by atoms with Crippen LogP contribution in [-0.4, -0.2) is 46.9 Å². The minimum atomic E-state index is -0.329. The van der Waals surface area contributed by atoms with Crippen LogP contribution in [0.3, 0.4) is 0 Å². The second-order valence-electron chi connectivity index (χ2n) is 9.61. The number of halogens is 1. The molecule has 1 saturated heterocycles. The lowest BCUT2D eigenvalue weighted by Crippen LogP contribution is -2.67. The Morgan fingerprint density at radius 1 is 1.11 bits per heavy atom. The standard InChI is InChI=1S/C27H32ClN5O3/c1-36-21-12-8-18(9-13-21)16-29-25(34)15-14-24-30-31-27-32(17-19-6-10-20(28)11-7-19)26(35)22-4-2-3-5-23(22)33(24)27/h6-13,22-23,27,31H,2-5,14-17H2,1H3,(H,29,34). The fourth-order valence-electron chi connectivity index (χ4n) is 5.45. The number of nitrogens with one attached hydrogen (secondary N) is 2. The van der Waals surface area contributed by atoms with Crippen LogP contribution in [0.2, 0.25) is 5.02 Å². The maximum absolute atomic E-state index is 13.5. The maximum Gasteiger partial charge on any atom is 0.231 e. The number of hydrogen-bond donors (Lipinski definition) is 2. The van der Waals surface area contributed by atoms with Crippen molar-refractivity contribution in [3.63, 3.8) is 0 Å². The molecule has 9 heteroatoms. The maximum atomic E-state index is 13.5. The average molecular weight is 510 g/mol. The van der Waals surface area contributed by atoms with Gasteiger partial charge in [-0.3, -0.25) is 19.9 Å². The van der Waals surface area contributed by atoms with Crippen molar-refractivity contribution in [2.24, 2.45) is 11.0 Å². The summed E-state index contributed by atoms with van der Waals surface area (Å²) in [5, 5.41) is 8.27. The zero-order valence-corrected chi connectivity index (χ0v) is 21.2. The first-order valence-corrected chi connectivity index (χ1v) is 13.0. The number of rotatable bonds is 8. The Labute approximate surface area is 216 Å². The van der Waals surface area contributed by atoms with Crippen molar-refractivity contribution in [2.45, 2.75) is 63.9 Å². The molecule has 3 atom stereocenters. The van der Waals surface area contributed by atoms with Crippen LogP contribution in [0.1, 0.15) is 49.7 Å². The third-order valence-electron chi connectivity index (χ3n) is 7.34. The second-order valence-corrected chi connectivity index (χ2v) is 10.1. The summed E-state index contributed by atoms with van der Waals surface area (Å²) in [7, 11) is 1.63. The van der Waals surface area contributed by atoms with Gasteiger partial charge >= 0.3 is 0 Å². The SMILES string of the molecule is COc1ccc(CNC(=O)CCC2=NNC3N(Cc4ccc(Cl)cc4)C(=O)C4CCCCC4N23)cc1. The molecule has 5 rings (SSSR count). The fraction of sp³-hybridized carbons (Fsp3) is 0.444. The van der Waals surface area contributed by atoms with E-state index in [-0.39, 0.29) is 30.1 Å². The minimum absolute atomic E-state index is 0.0248. The molecule has 1 saturated carbocycles. The molecule has 2 N–H and O–H groups in total. The van der Waals surface area contributed by atoms with Gasteiger partial charge in [-0.2, -0.15) is 5.10 Å². The van der Waals surface area contributed by atoms with Gasteiger partial charge < -0.3 is 15.0 Å². The Morgan fingerprint density at radius 3 is 2.58 bits per heavy atom. The predicted octanol–water partition coefficient (Wildman–Crippen LogP) is 3.85. The quantitative estimate of drug-likeness (QED) is 0.564. The van der Waals surface area contributed by atoms with Gasteiger partial charge in [0.15, 0.2) is 6.29 Å². The van der Waals surface area contributed by atoms with E-state index in [9.17, 15) is 9.59 Å². The molecule has 0 bridgehead atoms. The highest BCUT2D eigenvalue weighted by Crippen LogP contribution is 2.38. The highest BCUT2D eigenvalue weighted by molar-refractivity contribution is 6.30. The number of ether oxygens (including phenoxy) is 1. The van der Waals surface area contributed by atoms with Crippen LogP contribution in [0.25, 0.3) is 0 Å². The monoisotopic (exact) mass is 509 g/mol. The molecule has 2 fully saturated rings. The summed E-state index contributed by atoms with van der Waals surface area (Å²) >= 11 is 6.06. The summed E-state index contributed by atoms with van der Waals surface area (Å²) in [4.78, 5) is 30.3. The molecule has 0 aromatic heterocycles. The van der Waals surface area contributed by atoms with Gasteiger partial charge in [0, 0.05) is 37.0 Å². The number of nitrogens with zero attached hydrogens (tertiary/aromatic N) is 3. The summed E-state index contributed by atoms with van der Waals surface area (Å²) in [6.45, 7) is 0.951. The number of carbonyl (C=O) groups excluding carboxylic acids is 2. The molecular weight excluding hydrogens is 478 g/mol. The van der Waals surface area contributed by atoms with Crippen molar-refractivity contribution in [1.82, 2.24) is 20.5 Å². The van der Waals surface area contributed by atoms with Crippen LogP contribution in [0.5, 0.6) is 5.75 Å². The van der Waals surface area contributed by atoms with E-state index < -0.39 is 0 Å². The van der Waals surface area contributed by atoms with Crippen molar-refractivity contribution in [3.05, 3.63) is 64.7 Å². The average Bonchev–Trinajstić information content (AvgIpc) is 3.34. The van der Waals surface area contributed by atoms with E-state index in [0.717, 1.165) is 48.4 Å². The molecule has 2 heterocycles. The first-order chi connectivity index (χ1) is 17.5. The first kappa shape index (κ1) is 24.4. The van der Waals surface area contributed by atoms with E-state index in [0.29, 0.717) is 31.0 Å². The van der Waals surface area contributed by atoms with Crippen molar-refractivity contribution in [2.75, 3.05) is 7.11 Å². The number of hydrazone groups is 1. The molecule has 1 aliphatic carbocycles. The number of benzene rings is 2. The minimum Gasteiger partial charge on any atom is -0.497 e. The molecule has 3 unspecified atom stereocenters. The van der Waals surface area contributed by atoms with E-state index in [1.54, 1.807) is 7.11 Å². The van der Waals surface area contributed by atoms with Crippen molar-refractivity contribution in [1.29, 1.82) is 0 Å². The summed E-state index contributed by atoms with van der Waals surface area (Å²) in [6.07, 6.45) is 4.54.